The lowest BCUT2D eigenvalue weighted by atomic mass is 9.87. The molecule has 33 heavy (non-hydrogen) atoms. The van der Waals surface area contributed by atoms with E-state index in [-0.39, 0.29) is 5.41 Å². The fraction of sp³-hybridized carbons (Fsp3) is 0.188. The highest BCUT2D eigenvalue weighted by atomic mass is 15.1. The Balaban J connectivity index is 1.65. The van der Waals surface area contributed by atoms with Gasteiger partial charge >= 0.3 is 0 Å². The predicted molar refractivity (Wildman–Crippen MR) is 145 cm³/mol. The zero-order valence-corrected chi connectivity index (χ0v) is 20.3. The van der Waals surface area contributed by atoms with Crippen molar-refractivity contribution < 1.29 is 0 Å². The lowest BCUT2D eigenvalue weighted by molar-refractivity contribution is 0.590. The molecular weight excluding hydrogens is 398 g/mol. The predicted octanol–water partition coefficient (Wildman–Crippen LogP) is 9.24. The molecule has 1 nitrogen and oxygen atoms in total. The van der Waals surface area contributed by atoms with E-state index in [9.17, 15) is 0 Å². The molecule has 0 aromatic heterocycles. The van der Waals surface area contributed by atoms with Crippen molar-refractivity contribution in [2.45, 2.75) is 40.0 Å². The Kier molecular flexibility index (Phi) is 6.51. The molecule has 0 atom stereocenters. The zero-order valence-electron chi connectivity index (χ0n) is 20.3. The molecule has 0 saturated heterocycles. The van der Waals surface area contributed by atoms with Crippen molar-refractivity contribution in [2.75, 3.05) is 4.90 Å². The van der Waals surface area contributed by atoms with Gasteiger partial charge in [0.2, 0.25) is 0 Å². The molecule has 0 radical (unpaired) electrons. The van der Waals surface area contributed by atoms with Crippen molar-refractivity contribution in [1.29, 1.82) is 0 Å². The molecular formula is C32H33N. The van der Waals surface area contributed by atoms with Gasteiger partial charge in [0.05, 0.1) is 0 Å². The summed E-state index contributed by atoms with van der Waals surface area (Å²) < 4.78 is 0. The van der Waals surface area contributed by atoms with Gasteiger partial charge in [-0.25, -0.2) is 0 Å². The monoisotopic (exact) mass is 431 g/mol. The maximum Gasteiger partial charge on any atom is 0.0462 e. The van der Waals surface area contributed by atoms with E-state index >= 15 is 0 Å². The molecule has 4 aromatic carbocycles. The molecule has 0 aliphatic rings. The molecule has 0 saturated carbocycles. The number of anilines is 3. The Hall–Kier alpha value is -3.58. The normalized spacial score (nSPS) is 11.7. The van der Waals surface area contributed by atoms with Crippen molar-refractivity contribution in [1.82, 2.24) is 0 Å². The van der Waals surface area contributed by atoms with E-state index in [0.717, 1.165) is 17.1 Å². The number of hydrogen-bond donors (Lipinski definition) is 0. The second-order valence-electron chi connectivity index (χ2n) is 9.80. The van der Waals surface area contributed by atoms with Gasteiger partial charge in [0, 0.05) is 17.1 Å². The Morgan fingerprint density at radius 1 is 0.485 bits per heavy atom. The lowest BCUT2D eigenvalue weighted by Crippen LogP contribution is -2.13. The minimum absolute atomic E-state index is 0.138. The van der Waals surface area contributed by atoms with Gasteiger partial charge in [0.1, 0.15) is 0 Å². The van der Waals surface area contributed by atoms with Crippen LogP contribution in [0.5, 0.6) is 0 Å². The van der Waals surface area contributed by atoms with Crippen molar-refractivity contribution >= 4 is 29.2 Å². The third-order valence-corrected chi connectivity index (χ3v) is 5.98. The molecule has 0 heterocycles. The van der Waals surface area contributed by atoms with Crippen LogP contribution in [0.3, 0.4) is 0 Å². The van der Waals surface area contributed by atoms with Gasteiger partial charge in [-0.05, 0) is 72.4 Å². The van der Waals surface area contributed by atoms with Crippen molar-refractivity contribution in [3.8, 4) is 0 Å². The minimum atomic E-state index is 0.138. The molecule has 0 aliphatic carbocycles. The second kappa shape index (κ2) is 9.50. The van der Waals surface area contributed by atoms with Crippen LogP contribution < -0.4 is 4.90 Å². The summed E-state index contributed by atoms with van der Waals surface area (Å²) in [6.07, 6.45) is 4.33. The molecule has 0 bridgehead atoms. The van der Waals surface area contributed by atoms with Crippen LogP contribution in [0.4, 0.5) is 17.1 Å². The number of hydrogen-bond acceptors (Lipinski definition) is 1. The highest BCUT2D eigenvalue weighted by Gasteiger charge is 2.16. The molecule has 166 valence electrons. The van der Waals surface area contributed by atoms with Gasteiger partial charge in [-0.1, -0.05) is 105 Å². The number of rotatable bonds is 5. The van der Waals surface area contributed by atoms with Crippen molar-refractivity contribution in [2.24, 2.45) is 0 Å². The molecule has 0 fully saturated rings. The third kappa shape index (κ3) is 5.62. The summed E-state index contributed by atoms with van der Waals surface area (Å²) in [5.74, 6) is 0. The topological polar surface area (TPSA) is 3.24 Å². The zero-order chi connectivity index (χ0) is 23.4. The van der Waals surface area contributed by atoms with E-state index in [4.69, 9.17) is 0 Å². The van der Waals surface area contributed by atoms with Gasteiger partial charge in [0.15, 0.2) is 0 Å². The first-order chi connectivity index (χ1) is 15.8. The van der Waals surface area contributed by atoms with E-state index in [0.29, 0.717) is 0 Å². The molecule has 0 amide bonds. The Morgan fingerprint density at radius 2 is 0.818 bits per heavy atom. The quantitative estimate of drug-likeness (QED) is 0.285. The first kappa shape index (κ1) is 22.6. The largest absolute Gasteiger partial charge is 0.311 e. The van der Waals surface area contributed by atoms with Crippen LogP contribution in [0.25, 0.3) is 12.2 Å². The molecule has 4 rings (SSSR count). The van der Waals surface area contributed by atoms with E-state index < -0.39 is 0 Å². The van der Waals surface area contributed by atoms with Crippen LogP contribution in [-0.4, -0.2) is 0 Å². The van der Waals surface area contributed by atoms with E-state index in [1.807, 2.05) is 0 Å². The third-order valence-electron chi connectivity index (χ3n) is 5.98. The Bertz CT molecular complexity index is 1200. The average Bonchev–Trinajstić information content (AvgIpc) is 2.81. The standard InChI is InChI=1S/C32H33N/c1-24-6-10-26(11-7-24)12-13-27-14-20-30(21-15-27)33(29-18-8-25(2)9-19-29)31-22-16-28(17-23-31)32(3,4)5/h6-23H,1-5H3/b13-12+. The summed E-state index contributed by atoms with van der Waals surface area (Å²) in [4.78, 5) is 2.32. The van der Waals surface area contributed by atoms with Crippen LogP contribution in [-0.2, 0) is 5.41 Å². The van der Waals surface area contributed by atoms with Crippen molar-refractivity contribution in [3.63, 3.8) is 0 Å². The summed E-state index contributed by atoms with van der Waals surface area (Å²) in [5, 5.41) is 0. The molecule has 0 spiro atoms. The minimum Gasteiger partial charge on any atom is -0.311 e. The number of aryl methyl sites for hydroxylation is 2. The summed E-state index contributed by atoms with van der Waals surface area (Å²) in [6.45, 7) is 11.0. The van der Waals surface area contributed by atoms with Crippen molar-refractivity contribution in [3.05, 3.63) is 125 Å². The van der Waals surface area contributed by atoms with Crippen LogP contribution in [0.2, 0.25) is 0 Å². The average molecular weight is 432 g/mol. The summed E-state index contributed by atoms with van der Waals surface area (Å²) in [6, 6.07) is 35.0. The van der Waals surface area contributed by atoms with E-state index in [1.54, 1.807) is 0 Å². The number of nitrogens with zero attached hydrogens (tertiary/aromatic N) is 1. The Morgan fingerprint density at radius 3 is 1.24 bits per heavy atom. The smallest absolute Gasteiger partial charge is 0.0462 e. The maximum atomic E-state index is 2.32. The molecule has 4 aromatic rings. The van der Waals surface area contributed by atoms with Gasteiger partial charge in [-0.3, -0.25) is 0 Å². The van der Waals surface area contributed by atoms with Crippen LogP contribution in [0.1, 0.15) is 48.6 Å². The van der Waals surface area contributed by atoms with Gasteiger partial charge in [0.25, 0.3) is 0 Å². The van der Waals surface area contributed by atoms with Crippen LogP contribution in [0.15, 0.2) is 97.1 Å². The fourth-order valence-electron chi connectivity index (χ4n) is 3.86. The van der Waals surface area contributed by atoms with Crippen LogP contribution >= 0.6 is 0 Å². The molecule has 0 unspecified atom stereocenters. The number of benzene rings is 4. The van der Waals surface area contributed by atoms with E-state index in [2.05, 4.69) is 149 Å². The SMILES string of the molecule is Cc1ccc(/C=C/c2ccc(N(c3ccc(C)cc3)c3ccc(C(C)(C)C)cc3)cc2)cc1. The molecule has 1 heteroatoms. The van der Waals surface area contributed by atoms with Gasteiger partial charge in [-0.15, -0.1) is 0 Å². The first-order valence-corrected chi connectivity index (χ1v) is 11.6. The maximum absolute atomic E-state index is 2.32. The Labute approximate surface area is 199 Å². The van der Waals surface area contributed by atoms with Gasteiger partial charge < -0.3 is 4.90 Å². The first-order valence-electron chi connectivity index (χ1n) is 11.6. The summed E-state index contributed by atoms with van der Waals surface area (Å²) in [7, 11) is 0. The molecule has 0 aliphatic heterocycles. The summed E-state index contributed by atoms with van der Waals surface area (Å²) >= 11 is 0. The summed E-state index contributed by atoms with van der Waals surface area (Å²) in [5.41, 5.74) is 9.89. The highest BCUT2D eigenvalue weighted by molar-refractivity contribution is 5.78. The fourth-order valence-corrected chi connectivity index (χ4v) is 3.86. The lowest BCUT2D eigenvalue weighted by Gasteiger charge is -2.27. The second-order valence-corrected chi connectivity index (χ2v) is 9.80. The van der Waals surface area contributed by atoms with E-state index in [1.165, 1.54) is 27.8 Å². The van der Waals surface area contributed by atoms with Gasteiger partial charge in [-0.2, -0.15) is 0 Å². The van der Waals surface area contributed by atoms with Crippen LogP contribution in [0, 0.1) is 13.8 Å². The highest BCUT2D eigenvalue weighted by Crippen LogP contribution is 2.36. The molecule has 0 N–H and O–H groups in total.